The minimum atomic E-state index is -0.657. The normalized spacial score (nSPS) is 20.5. The molecule has 0 aliphatic carbocycles. The van der Waals surface area contributed by atoms with Crippen LogP contribution < -0.4 is 9.47 Å². The van der Waals surface area contributed by atoms with Gasteiger partial charge in [0.25, 0.3) is 0 Å². The molecule has 0 radical (unpaired) electrons. The van der Waals surface area contributed by atoms with E-state index < -0.39 is 6.10 Å². The molecule has 1 aliphatic heterocycles. The highest BCUT2D eigenvalue weighted by molar-refractivity contribution is 5.40. The number of benzene rings is 2. The van der Waals surface area contributed by atoms with Crippen molar-refractivity contribution in [1.29, 1.82) is 0 Å². The molecule has 2 aromatic carbocycles. The number of ether oxygens (including phenoxy) is 2. The maximum atomic E-state index is 13.3. The van der Waals surface area contributed by atoms with E-state index in [-0.39, 0.29) is 11.9 Å². The highest BCUT2D eigenvalue weighted by atomic mass is 19.1. The molecule has 2 atom stereocenters. The Balaban J connectivity index is 1.89. The number of hydrogen-bond donors (Lipinski definition) is 1. The van der Waals surface area contributed by atoms with Gasteiger partial charge in [-0.05, 0) is 36.8 Å². The third kappa shape index (κ3) is 2.85. The van der Waals surface area contributed by atoms with Gasteiger partial charge < -0.3 is 14.6 Å². The summed E-state index contributed by atoms with van der Waals surface area (Å²) in [7, 11) is 0. The third-order valence-electron chi connectivity index (χ3n) is 3.58. The predicted molar refractivity (Wildman–Crippen MR) is 77.0 cm³/mol. The maximum Gasteiger partial charge on any atom is 0.128 e. The molecule has 4 heteroatoms. The van der Waals surface area contributed by atoms with Crippen LogP contribution in [0, 0.1) is 5.82 Å². The molecule has 0 fully saturated rings. The van der Waals surface area contributed by atoms with Crippen LogP contribution in [0.25, 0.3) is 0 Å². The van der Waals surface area contributed by atoms with E-state index in [0.717, 1.165) is 11.3 Å². The number of aliphatic hydroxyl groups excluding tert-OH is 1. The van der Waals surface area contributed by atoms with Crippen LogP contribution in [0.1, 0.15) is 36.7 Å². The summed E-state index contributed by atoms with van der Waals surface area (Å²) in [5.74, 6) is 0.795. The van der Waals surface area contributed by atoms with Crippen LogP contribution in [-0.2, 0) is 0 Å². The van der Waals surface area contributed by atoms with E-state index in [9.17, 15) is 9.50 Å². The molecule has 1 N–H and O–H groups in total. The van der Waals surface area contributed by atoms with Crippen LogP contribution in [0.15, 0.2) is 42.5 Å². The monoisotopic (exact) mass is 288 g/mol. The van der Waals surface area contributed by atoms with Crippen LogP contribution in [-0.4, -0.2) is 11.7 Å². The molecule has 0 amide bonds. The van der Waals surface area contributed by atoms with Gasteiger partial charge in [0.2, 0.25) is 0 Å². The summed E-state index contributed by atoms with van der Waals surface area (Å²) in [6, 6.07) is 11.8. The number of aliphatic hydroxyl groups is 1. The minimum absolute atomic E-state index is 0.310. The van der Waals surface area contributed by atoms with Crippen molar-refractivity contribution in [3.8, 4) is 11.5 Å². The fourth-order valence-electron chi connectivity index (χ4n) is 2.59. The predicted octanol–water partition coefficient (Wildman–Crippen LogP) is 3.78. The Morgan fingerprint density at radius 1 is 1.29 bits per heavy atom. The zero-order chi connectivity index (χ0) is 14.8. The molecule has 2 unspecified atom stereocenters. The number of hydrogen-bond acceptors (Lipinski definition) is 3. The zero-order valence-electron chi connectivity index (χ0n) is 11.8. The van der Waals surface area contributed by atoms with E-state index in [2.05, 4.69) is 0 Å². The van der Waals surface area contributed by atoms with Gasteiger partial charge in [-0.25, -0.2) is 4.39 Å². The standard InChI is InChI=1S/C17H17FO3/c1-2-20-13-5-3-4-11(8-13)16-10-15(19)14-7-6-12(18)9-17(14)21-16/h3-9,15-16,19H,2,10H2,1H3. The average Bonchev–Trinajstić information content (AvgIpc) is 2.47. The summed E-state index contributed by atoms with van der Waals surface area (Å²) >= 11 is 0. The molecule has 0 saturated carbocycles. The van der Waals surface area contributed by atoms with Gasteiger partial charge >= 0.3 is 0 Å². The van der Waals surface area contributed by atoms with E-state index in [4.69, 9.17) is 9.47 Å². The zero-order valence-corrected chi connectivity index (χ0v) is 11.8. The number of rotatable bonds is 3. The first kappa shape index (κ1) is 13.9. The molecule has 0 bridgehead atoms. The number of fused-ring (bicyclic) bond motifs is 1. The van der Waals surface area contributed by atoms with Gasteiger partial charge in [-0.1, -0.05) is 12.1 Å². The van der Waals surface area contributed by atoms with Crippen LogP contribution in [0.3, 0.4) is 0 Å². The van der Waals surface area contributed by atoms with Gasteiger partial charge in [-0.2, -0.15) is 0 Å². The topological polar surface area (TPSA) is 38.7 Å². The fraction of sp³-hybridized carbons (Fsp3) is 0.294. The van der Waals surface area contributed by atoms with E-state index in [1.54, 1.807) is 6.07 Å². The SMILES string of the molecule is CCOc1cccc(C2CC(O)c3ccc(F)cc3O2)c1. The average molecular weight is 288 g/mol. The first-order chi connectivity index (χ1) is 10.2. The Bertz CT molecular complexity index is 642. The molecule has 21 heavy (non-hydrogen) atoms. The second kappa shape index (κ2) is 5.74. The molecule has 0 saturated heterocycles. The highest BCUT2D eigenvalue weighted by Gasteiger charge is 2.28. The molecule has 110 valence electrons. The van der Waals surface area contributed by atoms with Crippen molar-refractivity contribution in [3.05, 3.63) is 59.4 Å². The highest BCUT2D eigenvalue weighted by Crippen LogP contribution is 2.41. The lowest BCUT2D eigenvalue weighted by molar-refractivity contribution is 0.0652. The third-order valence-corrected chi connectivity index (χ3v) is 3.58. The molecule has 0 spiro atoms. The quantitative estimate of drug-likeness (QED) is 0.934. The molecule has 1 heterocycles. The summed E-state index contributed by atoms with van der Waals surface area (Å²) in [5.41, 5.74) is 1.54. The van der Waals surface area contributed by atoms with Gasteiger partial charge in [-0.15, -0.1) is 0 Å². The maximum absolute atomic E-state index is 13.3. The Kier molecular flexibility index (Phi) is 3.80. The van der Waals surface area contributed by atoms with Crippen LogP contribution >= 0.6 is 0 Å². The summed E-state index contributed by atoms with van der Waals surface area (Å²) in [6.07, 6.45) is -0.529. The van der Waals surface area contributed by atoms with Gasteiger partial charge in [0.05, 0.1) is 12.7 Å². The van der Waals surface area contributed by atoms with Crippen molar-refractivity contribution in [2.24, 2.45) is 0 Å². The Hall–Kier alpha value is -2.07. The van der Waals surface area contributed by atoms with Crippen LogP contribution in [0.5, 0.6) is 11.5 Å². The smallest absolute Gasteiger partial charge is 0.128 e. The van der Waals surface area contributed by atoms with Gasteiger partial charge in [-0.3, -0.25) is 0 Å². The van der Waals surface area contributed by atoms with Gasteiger partial charge in [0.1, 0.15) is 23.4 Å². The minimum Gasteiger partial charge on any atom is -0.494 e. The second-order valence-electron chi connectivity index (χ2n) is 5.05. The van der Waals surface area contributed by atoms with E-state index in [0.29, 0.717) is 24.3 Å². The largest absolute Gasteiger partial charge is 0.494 e. The van der Waals surface area contributed by atoms with Gasteiger partial charge in [0, 0.05) is 18.1 Å². The molecule has 0 aromatic heterocycles. The summed E-state index contributed by atoms with van der Waals surface area (Å²) < 4.78 is 24.7. The lowest BCUT2D eigenvalue weighted by Crippen LogP contribution is -2.19. The van der Waals surface area contributed by atoms with Crippen molar-refractivity contribution in [1.82, 2.24) is 0 Å². The van der Waals surface area contributed by atoms with Gasteiger partial charge in [0.15, 0.2) is 0 Å². The van der Waals surface area contributed by atoms with E-state index >= 15 is 0 Å². The second-order valence-corrected chi connectivity index (χ2v) is 5.05. The van der Waals surface area contributed by atoms with Crippen molar-refractivity contribution >= 4 is 0 Å². The Labute approximate surface area is 122 Å². The lowest BCUT2D eigenvalue weighted by Gasteiger charge is -2.30. The Morgan fingerprint density at radius 3 is 2.95 bits per heavy atom. The molecule has 3 rings (SSSR count). The first-order valence-electron chi connectivity index (χ1n) is 7.04. The molecular weight excluding hydrogens is 271 g/mol. The molecule has 2 aromatic rings. The lowest BCUT2D eigenvalue weighted by atomic mass is 9.95. The summed E-state index contributed by atoms with van der Waals surface area (Å²) in [4.78, 5) is 0. The summed E-state index contributed by atoms with van der Waals surface area (Å²) in [6.45, 7) is 2.51. The Morgan fingerprint density at radius 2 is 2.14 bits per heavy atom. The number of halogens is 1. The van der Waals surface area contributed by atoms with Crippen LogP contribution in [0.2, 0.25) is 0 Å². The van der Waals surface area contributed by atoms with E-state index in [1.807, 2.05) is 31.2 Å². The van der Waals surface area contributed by atoms with Crippen LogP contribution in [0.4, 0.5) is 4.39 Å². The first-order valence-corrected chi connectivity index (χ1v) is 7.04. The molecule has 3 nitrogen and oxygen atoms in total. The van der Waals surface area contributed by atoms with Crippen molar-refractivity contribution < 1.29 is 19.0 Å². The molecular formula is C17H17FO3. The van der Waals surface area contributed by atoms with E-state index in [1.165, 1.54) is 12.1 Å². The van der Waals surface area contributed by atoms with Crippen molar-refractivity contribution in [2.45, 2.75) is 25.6 Å². The fourth-order valence-corrected chi connectivity index (χ4v) is 2.59. The van der Waals surface area contributed by atoms with Crippen molar-refractivity contribution in [3.63, 3.8) is 0 Å². The summed E-state index contributed by atoms with van der Waals surface area (Å²) in [5, 5.41) is 10.2. The van der Waals surface area contributed by atoms with Crippen molar-refractivity contribution in [2.75, 3.05) is 6.61 Å². The molecule has 1 aliphatic rings.